The number of carboxylic acids is 1. The van der Waals surface area contributed by atoms with Crippen LogP contribution in [0.15, 0.2) is 60.7 Å². The summed E-state index contributed by atoms with van der Waals surface area (Å²) in [5.41, 5.74) is 3.92. The Kier molecular flexibility index (Phi) is 4.81. The summed E-state index contributed by atoms with van der Waals surface area (Å²) in [7, 11) is 0. The van der Waals surface area contributed by atoms with E-state index in [0.29, 0.717) is 16.1 Å². The molecule has 4 aromatic rings. The minimum atomic E-state index is -0.949. The minimum absolute atomic E-state index is 0.0229. The molecule has 0 bridgehead atoms. The number of carboxylic acid groups (broad SMARTS) is 1. The number of pyridine rings is 1. The molecule has 2 aliphatic rings. The highest BCUT2D eigenvalue weighted by Gasteiger charge is 2.47. The molecule has 1 saturated carbocycles. The molecule has 1 saturated heterocycles. The van der Waals surface area contributed by atoms with Gasteiger partial charge in [0.2, 0.25) is 0 Å². The second-order valence-corrected chi connectivity index (χ2v) is 10.4. The summed E-state index contributed by atoms with van der Waals surface area (Å²) in [6.07, 6.45) is 2.12. The Morgan fingerprint density at radius 2 is 1.88 bits per heavy atom. The molecule has 1 N–H and O–H groups in total. The van der Waals surface area contributed by atoms with Gasteiger partial charge in [0.05, 0.1) is 18.8 Å². The largest absolute Gasteiger partial charge is 0.633 e. The number of hydrogen-bond donors (Lipinski definition) is 1. The maximum atomic E-state index is 15.0. The normalized spacial score (nSPS) is 22.9. The van der Waals surface area contributed by atoms with E-state index in [1.54, 1.807) is 12.1 Å². The first-order valence-electron chi connectivity index (χ1n) is 11.3. The Bertz CT molecular complexity index is 1410. The first-order chi connectivity index (χ1) is 16.4. The number of benzene rings is 2. The number of aliphatic carboxylic acids is 1. The van der Waals surface area contributed by atoms with Crippen LogP contribution in [0.4, 0.5) is 4.39 Å². The molecule has 3 heterocycles. The molecule has 2 aromatic heterocycles. The lowest BCUT2D eigenvalue weighted by Crippen LogP contribution is -2.61. The fraction of sp³-hybridized carbons (Fsp3) is 0.269. The van der Waals surface area contributed by atoms with Crippen LogP contribution in [0.1, 0.15) is 29.7 Å². The lowest BCUT2D eigenvalue weighted by atomic mass is 9.92. The van der Waals surface area contributed by atoms with Gasteiger partial charge in [-0.15, -0.1) is 0 Å². The molecule has 1 aliphatic heterocycles. The third kappa shape index (κ3) is 3.58. The lowest BCUT2D eigenvalue weighted by molar-refractivity contribution is -0.938. The molecular formula is C26H22FN3O3S. The average molecular weight is 476 g/mol. The topological polar surface area (TPSA) is 86.1 Å². The zero-order valence-electron chi connectivity index (χ0n) is 18.3. The van der Waals surface area contributed by atoms with Gasteiger partial charge in [-0.05, 0) is 42.7 Å². The van der Waals surface area contributed by atoms with Crippen molar-refractivity contribution in [2.45, 2.75) is 24.8 Å². The maximum absolute atomic E-state index is 15.0. The summed E-state index contributed by atoms with van der Waals surface area (Å²) in [6.45, 7) is 0.109. The van der Waals surface area contributed by atoms with E-state index < -0.39 is 22.4 Å². The van der Waals surface area contributed by atoms with Gasteiger partial charge in [0.25, 0.3) is 0 Å². The van der Waals surface area contributed by atoms with Crippen LogP contribution in [-0.2, 0) is 16.8 Å². The summed E-state index contributed by atoms with van der Waals surface area (Å²) in [5.74, 6) is -2.00. The number of quaternary nitrogens is 1. The van der Waals surface area contributed by atoms with E-state index >= 15 is 4.39 Å². The van der Waals surface area contributed by atoms with Gasteiger partial charge >= 0.3 is 5.97 Å². The van der Waals surface area contributed by atoms with Crippen LogP contribution >= 0.6 is 11.3 Å². The molecule has 172 valence electrons. The van der Waals surface area contributed by atoms with Gasteiger partial charge in [0.1, 0.15) is 27.7 Å². The van der Waals surface area contributed by atoms with E-state index in [2.05, 4.69) is 17.1 Å². The number of fused-ring (bicyclic) bond motifs is 1. The van der Waals surface area contributed by atoms with Crippen molar-refractivity contribution in [1.82, 2.24) is 9.97 Å². The summed E-state index contributed by atoms with van der Waals surface area (Å²) < 4.78 is 14.4. The van der Waals surface area contributed by atoms with Crippen LogP contribution in [0.3, 0.4) is 0 Å². The van der Waals surface area contributed by atoms with Crippen molar-refractivity contribution in [3.63, 3.8) is 0 Å². The van der Waals surface area contributed by atoms with Crippen molar-refractivity contribution < 1.29 is 18.9 Å². The standard InChI is InChI=1S/C26H22FN3O3S/c27-20-12-16(13-30(33)14-17(15-30)25(31)32)6-7-19(20)23-28-21-8-9-22(29-24(21)34-23)26(10-11-26)18-4-2-1-3-5-18/h1-9,12,17H,10-11,13-15H2,(H,31,32)/t17-,30-. The smallest absolute Gasteiger partial charge is 0.318 e. The fourth-order valence-corrected chi connectivity index (χ4v) is 5.94. The van der Waals surface area contributed by atoms with Gasteiger partial charge in [0, 0.05) is 16.5 Å². The molecule has 0 atom stereocenters. The number of carbonyl (C=O) groups is 1. The van der Waals surface area contributed by atoms with Crippen molar-refractivity contribution in [2.75, 3.05) is 13.1 Å². The first-order valence-corrected chi connectivity index (χ1v) is 12.1. The third-order valence-corrected chi connectivity index (χ3v) is 8.01. The number of aromatic nitrogens is 2. The molecular weight excluding hydrogens is 453 g/mol. The Balaban J connectivity index is 1.26. The van der Waals surface area contributed by atoms with Crippen LogP contribution in [-0.4, -0.2) is 38.8 Å². The molecule has 0 spiro atoms. The van der Waals surface area contributed by atoms with Crippen LogP contribution in [0.25, 0.3) is 20.9 Å². The molecule has 8 heteroatoms. The Morgan fingerprint density at radius 3 is 2.56 bits per heavy atom. The first kappa shape index (κ1) is 21.3. The highest BCUT2D eigenvalue weighted by Crippen LogP contribution is 2.53. The molecule has 6 nitrogen and oxygen atoms in total. The Morgan fingerprint density at radius 1 is 1.12 bits per heavy atom. The Hall–Kier alpha value is -3.20. The third-order valence-electron chi connectivity index (χ3n) is 7.01. The van der Waals surface area contributed by atoms with Crippen molar-refractivity contribution in [1.29, 1.82) is 0 Å². The molecule has 6 rings (SSSR count). The number of likely N-dealkylation sites (tertiary alicyclic amines) is 1. The quantitative estimate of drug-likeness (QED) is 0.310. The molecule has 34 heavy (non-hydrogen) atoms. The average Bonchev–Trinajstić information content (AvgIpc) is 3.51. The predicted molar refractivity (Wildman–Crippen MR) is 127 cm³/mol. The van der Waals surface area contributed by atoms with E-state index in [9.17, 15) is 10.0 Å². The second kappa shape index (κ2) is 7.66. The van der Waals surface area contributed by atoms with E-state index in [1.165, 1.54) is 23.0 Å². The highest BCUT2D eigenvalue weighted by molar-refractivity contribution is 7.21. The number of hydrogen-bond acceptors (Lipinski definition) is 5. The minimum Gasteiger partial charge on any atom is -0.633 e. The van der Waals surface area contributed by atoms with Gasteiger partial charge in [-0.2, -0.15) is 0 Å². The zero-order chi connectivity index (χ0) is 23.5. The zero-order valence-corrected chi connectivity index (χ0v) is 19.1. The SMILES string of the molecule is O=C(O)[C@H]1C[N@@+]([O-])(Cc2ccc(-c3nc4ccc(C5(c6ccccc6)CC5)nc4s3)c(F)c2)C1. The van der Waals surface area contributed by atoms with Gasteiger partial charge in [-0.1, -0.05) is 47.7 Å². The van der Waals surface area contributed by atoms with Gasteiger partial charge in [0.15, 0.2) is 5.92 Å². The van der Waals surface area contributed by atoms with Crippen LogP contribution in [0.5, 0.6) is 0 Å². The lowest BCUT2D eigenvalue weighted by Gasteiger charge is -2.52. The van der Waals surface area contributed by atoms with Gasteiger partial charge < -0.3 is 15.0 Å². The summed E-state index contributed by atoms with van der Waals surface area (Å²) in [5, 5.41) is 22.1. The molecule has 2 aromatic carbocycles. The molecule has 0 amide bonds. The van der Waals surface area contributed by atoms with Crippen LogP contribution in [0, 0.1) is 16.9 Å². The van der Waals surface area contributed by atoms with Crippen LogP contribution in [0.2, 0.25) is 0 Å². The monoisotopic (exact) mass is 475 g/mol. The summed E-state index contributed by atoms with van der Waals surface area (Å²) in [4.78, 5) is 21.3. The van der Waals surface area contributed by atoms with Crippen molar-refractivity contribution in [3.8, 4) is 10.6 Å². The van der Waals surface area contributed by atoms with Gasteiger partial charge in [-0.25, -0.2) is 14.4 Å². The fourth-order valence-electron chi connectivity index (χ4n) is 4.97. The number of hydroxylamine groups is 3. The van der Waals surface area contributed by atoms with E-state index in [0.717, 1.165) is 28.9 Å². The Labute approximate surface area is 199 Å². The number of nitrogens with zero attached hydrogens (tertiary/aromatic N) is 3. The van der Waals surface area contributed by atoms with E-state index in [4.69, 9.17) is 10.1 Å². The number of thiazole rings is 1. The van der Waals surface area contributed by atoms with Gasteiger partial charge in [-0.3, -0.25) is 4.79 Å². The van der Waals surface area contributed by atoms with E-state index in [1.807, 2.05) is 30.3 Å². The molecule has 0 radical (unpaired) electrons. The maximum Gasteiger partial charge on any atom is 0.318 e. The van der Waals surface area contributed by atoms with Crippen molar-refractivity contribution in [3.05, 3.63) is 88.5 Å². The second-order valence-electron chi connectivity index (χ2n) is 9.42. The number of rotatable bonds is 6. The molecule has 2 fully saturated rings. The number of halogens is 1. The predicted octanol–water partition coefficient (Wildman–Crippen LogP) is 5.11. The van der Waals surface area contributed by atoms with E-state index in [-0.39, 0.29) is 25.0 Å². The molecule has 1 aliphatic carbocycles. The highest BCUT2D eigenvalue weighted by atomic mass is 32.1. The van der Waals surface area contributed by atoms with Crippen molar-refractivity contribution >= 4 is 27.7 Å². The van der Waals surface area contributed by atoms with Crippen LogP contribution < -0.4 is 0 Å². The molecule has 0 unspecified atom stereocenters. The van der Waals surface area contributed by atoms with Crippen molar-refractivity contribution in [2.24, 2.45) is 5.92 Å². The summed E-state index contributed by atoms with van der Waals surface area (Å²) >= 11 is 1.36. The summed E-state index contributed by atoms with van der Waals surface area (Å²) in [6, 6.07) is 19.1.